The van der Waals surface area contributed by atoms with Gasteiger partial charge in [0.05, 0.1) is 11.7 Å². The Labute approximate surface area is 189 Å². The van der Waals surface area contributed by atoms with E-state index in [0.29, 0.717) is 17.8 Å². The molecule has 0 bridgehead atoms. The fourth-order valence-electron chi connectivity index (χ4n) is 6.22. The third-order valence-electron chi connectivity index (χ3n) is 8.82. The highest BCUT2D eigenvalue weighted by molar-refractivity contribution is 5.36. The van der Waals surface area contributed by atoms with Crippen molar-refractivity contribution in [3.8, 4) is 0 Å². The Morgan fingerprint density at radius 3 is 2.48 bits per heavy atom. The number of allylic oxidation sites excluding steroid dienone is 5. The van der Waals surface area contributed by atoms with Gasteiger partial charge >= 0.3 is 0 Å². The zero-order valence-electron chi connectivity index (χ0n) is 20.3. The lowest BCUT2D eigenvalue weighted by Crippen LogP contribution is -2.46. The lowest BCUT2D eigenvalue weighted by molar-refractivity contribution is -0.0886. The van der Waals surface area contributed by atoms with Crippen LogP contribution in [0.3, 0.4) is 0 Å². The first-order valence-corrected chi connectivity index (χ1v) is 12.2. The summed E-state index contributed by atoms with van der Waals surface area (Å²) < 4.78 is 0. The van der Waals surface area contributed by atoms with Gasteiger partial charge in [-0.15, -0.1) is 0 Å². The summed E-state index contributed by atoms with van der Waals surface area (Å²) in [6.07, 6.45) is 16.8. The highest BCUT2D eigenvalue weighted by Crippen LogP contribution is 2.59. The van der Waals surface area contributed by atoms with Crippen LogP contribution in [-0.4, -0.2) is 32.6 Å². The number of hydrogen-bond acceptors (Lipinski definition) is 3. The molecule has 31 heavy (non-hydrogen) atoms. The van der Waals surface area contributed by atoms with Gasteiger partial charge in [-0.25, -0.2) is 0 Å². The Morgan fingerprint density at radius 1 is 1.10 bits per heavy atom. The summed E-state index contributed by atoms with van der Waals surface area (Å²) >= 11 is 0. The first-order valence-electron chi connectivity index (χ1n) is 12.2. The maximum absolute atomic E-state index is 10.6. The van der Waals surface area contributed by atoms with Crippen LogP contribution in [0.5, 0.6) is 0 Å². The highest BCUT2D eigenvalue weighted by Gasteiger charge is 2.50. The monoisotopic (exact) mass is 428 g/mol. The molecule has 0 aromatic heterocycles. The summed E-state index contributed by atoms with van der Waals surface area (Å²) in [6.45, 7) is 13.9. The number of rotatable bonds is 5. The van der Waals surface area contributed by atoms with Gasteiger partial charge in [-0.2, -0.15) is 0 Å². The maximum Gasteiger partial charge on any atom is 0.108 e. The first kappa shape index (κ1) is 24.5. The molecule has 3 aliphatic carbocycles. The largest absolute Gasteiger partial charge is 0.393 e. The quantitative estimate of drug-likeness (QED) is 0.480. The Hall–Kier alpha value is -1.16. The van der Waals surface area contributed by atoms with Gasteiger partial charge < -0.3 is 15.3 Å². The summed E-state index contributed by atoms with van der Waals surface area (Å²) in [4.78, 5) is 0. The number of aliphatic hydroxyl groups excluding tert-OH is 1. The van der Waals surface area contributed by atoms with Gasteiger partial charge in [-0.1, -0.05) is 55.9 Å². The molecule has 3 heteroatoms. The third-order valence-corrected chi connectivity index (χ3v) is 8.82. The third kappa shape index (κ3) is 5.10. The molecule has 0 heterocycles. The summed E-state index contributed by atoms with van der Waals surface area (Å²) in [6, 6.07) is 0. The molecule has 0 aromatic carbocycles. The van der Waals surface area contributed by atoms with E-state index in [9.17, 15) is 15.3 Å². The molecule has 3 rings (SSSR count). The van der Waals surface area contributed by atoms with E-state index in [-0.39, 0.29) is 11.5 Å². The molecule has 6 atom stereocenters. The van der Waals surface area contributed by atoms with Gasteiger partial charge in [-0.05, 0) is 101 Å². The number of hydrogen-bond donors (Lipinski definition) is 3. The van der Waals surface area contributed by atoms with E-state index in [2.05, 4.69) is 38.7 Å². The van der Waals surface area contributed by atoms with Gasteiger partial charge in [0.2, 0.25) is 0 Å². The second kappa shape index (κ2) is 9.00. The van der Waals surface area contributed by atoms with Crippen molar-refractivity contribution in [3.63, 3.8) is 0 Å². The second-order valence-electron chi connectivity index (χ2n) is 11.5. The predicted molar refractivity (Wildman–Crippen MR) is 129 cm³/mol. The summed E-state index contributed by atoms with van der Waals surface area (Å²) in [5.41, 5.74) is 1.83. The van der Waals surface area contributed by atoms with Crippen LogP contribution in [-0.2, 0) is 0 Å². The van der Waals surface area contributed by atoms with E-state index in [1.165, 1.54) is 43.3 Å². The zero-order valence-corrected chi connectivity index (χ0v) is 20.3. The van der Waals surface area contributed by atoms with Crippen molar-refractivity contribution >= 4 is 0 Å². The Balaban J connectivity index is 1.77. The van der Waals surface area contributed by atoms with Crippen LogP contribution in [0.25, 0.3) is 0 Å². The molecule has 0 saturated heterocycles. The van der Waals surface area contributed by atoms with E-state index >= 15 is 0 Å². The first-order chi connectivity index (χ1) is 14.3. The van der Waals surface area contributed by atoms with Gasteiger partial charge in [0.1, 0.15) is 5.60 Å². The van der Waals surface area contributed by atoms with Crippen LogP contribution in [0, 0.1) is 23.2 Å². The van der Waals surface area contributed by atoms with E-state index in [4.69, 9.17) is 0 Å². The van der Waals surface area contributed by atoms with Crippen molar-refractivity contribution in [3.05, 3.63) is 47.6 Å². The number of fused-ring (bicyclic) bond motifs is 1. The zero-order chi connectivity index (χ0) is 23.0. The molecule has 174 valence electrons. The van der Waals surface area contributed by atoms with E-state index in [0.717, 1.165) is 19.3 Å². The molecule has 3 N–H and O–H groups in total. The smallest absolute Gasteiger partial charge is 0.108 e. The molecule has 0 radical (unpaired) electrons. The minimum atomic E-state index is -1.24. The SMILES string of the molecule is C=C1CC[C@H](O)C/C1=C/C=C1\CCC[C@@]2(C)C1CC[C@@H]2[C@H](C)/C=C/[C@@](C)(O)C(C)(C)O. The molecular weight excluding hydrogens is 384 g/mol. The Kier molecular flexibility index (Phi) is 7.11. The highest BCUT2D eigenvalue weighted by atomic mass is 16.3. The van der Waals surface area contributed by atoms with Gasteiger partial charge in [0.15, 0.2) is 0 Å². The minimum Gasteiger partial charge on any atom is -0.393 e. The number of aliphatic hydroxyl groups is 3. The van der Waals surface area contributed by atoms with E-state index in [1.807, 2.05) is 0 Å². The fourth-order valence-corrected chi connectivity index (χ4v) is 6.22. The maximum atomic E-state index is 10.6. The summed E-state index contributed by atoms with van der Waals surface area (Å²) in [7, 11) is 0. The van der Waals surface area contributed by atoms with Crippen molar-refractivity contribution in [2.75, 3.05) is 0 Å². The molecule has 3 saturated carbocycles. The molecule has 0 spiro atoms. The molecule has 0 aromatic rings. The van der Waals surface area contributed by atoms with Crippen LogP contribution in [0.15, 0.2) is 47.6 Å². The average molecular weight is 429 g/mol. The molecule has 0 aliphatic heterocycles. The van der Waals surface area contributed by atoms with Crippen LogP contribution in [0.2, 0.25) is 0 Å². The van der Waals surface area contributed by atoms with Crippen molar-refractivity contribution in [1.82, 2.24) is 0 Å². The van der Waals surface area contributed by atoms with Gasteiger partial charge in [0.25, 0.3) is 0 Å². The Bertz CT molecular complexity index is 764. The Morgan fingerprint density at radius 2 is 1.81 bits per heavy atom. The molecule has 1 unspecified atom stereocenters. The second-order valence-corrected chi connectivity index (χ2v) is 11.5. The fraction of sp³-hybridized carbons (Fsp3) is 0.714. The average Bonchev–Trinajstić information content (AvgIpc) is 3.03. The van der Waals surface area contributed by atoms with Crippen molar-refractivity contribution in [2.24, 2.45) is 23.2 Å². The van der Waals surface area contributed by atoms with E-state index < -0.39 is 11.2 Å². The lowest BCUT2D eigenvalue weighted by atomic mass is 9.61. The van der Waals surface area contributed by atoms with Crippen LogP contribution in [0.4, 0.5) is 0 Å². The molecule has 3 fully saturated rings. The van der Waals surface area contributed by atoms with Crippen molar-refractivity contribution < 1.29 is 15.3 Å². The van der Waals surface area contributed by atoms with E-state index in [1.54, 1.807) is 32.4 Å². The van der Waals surface area contributed by atoms with Crippen LogP contribution < -0.4 is 0 Å². The normalized spacial score (nSPS) is 37.9. The lowest BCUT2D eigenvalue weighted by Gasteiger charge is -2.44. The molecule has 0 amide bonds. The predicted octanol–water partition coefficient (Wildman–Crippen LogP) is 5.87. The van der Waals surface area contributed by atoms with Crippen molar-refractivity contribution in [2.45, 2.75) is 103 Å². The molecule has 3 aliphatic rings. The molecule has 3 nitrogen and oxygen atoms in total. The molecular formula is C28H44O3. The van der Waals surface area contributed by atoms with Crippen LogP contribution >= 0.6 is 0 Å². The van der Waals surface area contributed by atoms with Crippen LogP contribution in [0.1, 0.15) is 86.0 Å². The summed E-state index contributed by atoms with van der Waals surface area (Å²) in [5, 5.41) is 30.9. The topological polar surface area (TPSA) is 60.7 Å². The van der Waals surface area contributed by atoms with Gasteiger partial charge in [0, 0.05) is 0 Å². The minimum absolute atomic E-state index is 0.226. The van der Waals surface area contributed by atoms with Crippen molar-refractivity contribution in [1.29, 1.82) is 0 Å². The standard InChI is InChI=1S/C28H44O3/c1-19-9-12-23(29)18-22(19)11-10-21-8-7-16-27(5)24(13-14-25(21)27)20(2)15-17-28(6,31)26(3,4)30/h10-11,15,17,20,23-25,29-31H,1,7-9,12-14,16,18H2,2-6H3/b17-15+,21-10+,22-11-/t20-,23+,24-,25?,27-,28-/m1/s1. The summed E-state index contributed by atoms with van der Waals surface area (Å²) in [5.74, 6) is 1.54. The van der Waals surface area contributed by atoms with Gasteiger partial charge in [-0.3, -0.25) is 0 Å².